The summed E-state index contributed by atoms with van der Waals surface area (Å²) < 4.78 is 0. The van der Waals surface area contributed by atoms with Crippen LogP contribution in [0.15, 0.2) is 79.1 Å². The molecule has 0 radical (unpaired) electrons. The van der Waals surface area contributed by atoms with E-state index in [0.717, 1.165) is 39.3 Å². The summed E-state index contributed by atoms with van der Waals surface area (Å²) >= 11 is 0. The van der Waals surface area contributed by atoms with Gasteiger partial charge < -0.3 is 4.90 Å². The van der Waals surface area contributed by atoms with Crippen molar-refractivity contribution >= 4 is 11.5 Å². The summed E-state index contributed by atoms with van der Waals surface area (Å²) in [5.74, 6) is 0.135. The Bertz CT molecular complexity index is 1020. The molecule has 2 aliphatic heterocycles. The second-order valence-corrected chi connectivity index (χ2v) is 8.53. The van der Waals surface area contributed by atoms with Crippen LogP contribution in [-0.4, -0.2) is 59.3 Å². The number of Topliss-reactive ketones (excluding diaryl/α,β-unsaturated/α-hetero) is 1. The van der Waals surface area contributed by atoms with Crippen LogP contribution in [-0.2, 0) is 13.1 Å². The van der Waals surface area contributed by atoms with Crippen LogP contribution in [0.4, 0.5) is 5.69 Å². The lowest BCUT2D eigenvalue weighted by Gasteiger charge is -2.43. The maximum absolute atomic E-state index is 12.9. The third-order valence-electron chi connectivity index (χ3n) is 6.33. The number of hydrogen-bond acceptors (Lipinski definition) is 5. The number of nitrogens with zero attached hydrogens (tertiary/aromatic N) is 4. The van der Waals surface area contributed by atoms with Crippen molar-refractivity contribution in [3.8, 4) is 0 Å². The highest BCUT2D eigenvalue weighted by molar-refractivity contribution is 5.97. The molecule has 3 heterocycles. The summed E-state index contributed by atoms with van der Waals surface area (Å²) in [6.07, 6.45) is 3.38. The lowest BCUT2D eigenvalue weighted by molar-refractivity contribution is 0.0912. The molecule has 0 amide bonds. The van der Waals surface area contributed by atoms with Gasteiger partial charge in [0.25, 0.3) is 0 Å². The summed E-state index contributed by atoms with van der Waals surface area (Å²) in [6.45, 7) is 6.14. The highest BCUT2D eigenvalue weighted by Gasteiger charge is 2.33. The van der Waals surface area contributed by atoms with E-state index in [1.54, 1.807) is 12.4 Å². The molecule has 1 fully saturated rings. The molecule has 0 spiro atoms. The molecular weight excluding hydrogens is 384 g/mol. The highest BCUT2D eigenvalue weighted by atomic mass is 16.1. The van der Waals surface area contributed by atoms with E-state index in [0.29, 0.717) is 18.2 Å². The van der Waals surface area contributed by atoms with Gasteiger partial charge in [-0.15, -0.1) is 0 Å². The Kier molecular flexibility index (Phi) is 5.78. The number of benzene rings is 2. The number of carbonyl (C=O) groups excluding carboxylic acids is 1. The quantitative estimate of drug-likeness (QED) is 0.600. The molecule has 0 saturated carbocycles. The summed E-state index contributed by atoms with van der Waals surface area (Å²) in [7, 11) is 0. The van der Waals surface area contributed by atoms with Gasteiger partial charge >= 0.3 is 0 Å². The predicted molar refractivity (Wildman–Crippen MR) is 123 cm³/mol. The summed E-state index contributed by atoms with van der Waals surface area (Å²) in [6, 6.07) is 23.4. The lowest BCUT2D eigenvalue weighted by Crippen LogP contribution is -2.56. The number of hydrogen-bond donors (Lipinski definition) is 0. The van der Waals surface area contributed by atoms with Crippen LogP contribution in [0.25, 0.3) is 0 Å². The zero-order valence-electron chi connectivity index (χ0n) is 17.7. The molecule has 1 unspecified atom stereocenters. The van der Waals surface area contributed by atoms with Crippen LogP contribution in [0, 0.1) is 0 Å². The van der Waals surface area contributed by atoms with Gasteiger partial charge in [-0.3, -0.25) is 19.6 Å². The first-order valence-electron chi connectivity index (χ1n) is 11.0. The summed E-state index contributed by atoms with van der Waals surface area (Å²) in [4.78, 5) is 24.4. The first-order chi connectivity index (χ1) is 15.3. The Morgan fingerprint density at radius 1 is 0.903 bits per heavy atom. The molecule has 1 saturated heterocycles. The molecule has 0 bridgehead atoms. The molecule has 1 atom stereocenters. The van der Waals surface area contributed by atoms with Crippen molar-refractivity contribution in [2.45, 2.75) is 19.1 Å². The van der Waals surface area contributed by atoms with Crippen molar-refractivity contribution < 1.29 is 4.79 Å². The van der Waals surface area contributed by atoms with Crippen LogP contribution in [0.3, 0.4) is 0 Å². The summed E-state index contributed by atoms with van der Waals surface area (Å²) in [5.41, 5.74) is 4.67. The van der Waals surface area contributed by atoms with Crippen LogP contribution in [0.1, 0.15) is 21.5 Å². The molecule has 1 aromatic heterocycles. The van der Waals surface area contributed by atoms with E-state index in [2.05, 4.69) is 74.3 Å². The fourth-order valence-electron chi connectivity index (χ4n) is 4.85. The smallest absolute Gasteiger partial charge is 0.178 e. The molecule has 158 valence electrons. The molecule has 2 aromatic carbocycles. The Morgan fingerprint density at radius 3 is 2.55 bits per heavy atom. The molecular formula is C26H28N4O. The monoisotopic (exact) mass is 412 g/mol. The Morgan fingerprint density at radius 2 is 1.71 bits per heavy atom. The van der Waals surface area contributed by atoms with E-state index in [4.69, 9.17) is 0 Å². The van der Waals surface area contributed by atoms with Crippen molar-refractivity contribution in [2.24, 2.45) is 0 Å². The largest absolute Gasteiger partial charge is 0.364 e. The molecule has 31 heavy (non-hydrogen) atoms. The van der Waals surface area contributed by atoms with Crippen molar-refractivity contribution in [1.29, 1.82) is 0 Å². The van der Waals surface area contributed by atoms with Crippen molar-refractivity contribution in [2.75, 3.05) is 37.6 Å². The van der Waals surface area contributed by atoms with Crippen LogP contribution in [0.2, 0.25) is 0 Å². The predicted octanol–water partition coefficient (Wildman–Crippen LogP) is 3.47. The van der Waals surface area contributed by atoms with Gasteiger partial charge in [-0.2, -0.15) is 0 Å². The molecule has 2 aliphatic rings. The number of fused-ring (bicyclic) bond motifs is 3. The molecule has 5 nitrogen and oxygen atoms in total. The average Bonchev–Trinajstić information content (AvgIpc) is 2.96. The van der Waals surface area contributed by atoms with Crippen LogP contribution in [0.5, 0.6) is 0 Å². The third kappa shape index (κ3) is 4.53. The Labute approximate surface area is 183 Å². The lowest BCUT2D eigenvalue weighted by atomic mass is 10.1. The number of aromatic nitrogens is 1. The van der Waals surface area contributed by atoms with Gasteiger partial charge in [0.2, 0.25) is 0 Å². The minimum atomic E-state index is 0.135. The van der Waals surface area contributed by atoms with E-state index >= 15 is 0 Å². The van der Waals surface area contributed by atoms with Gasteiger partial charge in [-0.25, -0.2) is 0 Å². The number of anilines is 1. The minimum Gasteiger partial charge on any atom is -0.364 e. The van der Waals surface area contributed by atoms with Crippen LogP contribution < -0.4 is 4.90 Å². The molecule has 3 aromatic rings. The first-order valence-corrected chi connectivity index (χ1v) is 11.0. The number of para-hydroxylation sites is 1. The Hall–Kier alpha value is -3.02. The molecule has 0 aliphatic carbocycles. The fourth-order valence-corrected chi connectivity index (χ4v) is 4.85. The van der Waals surface area contributed by atoms with E-state index in [9.17, 15) is 4.79 Å². The van der Waals surface area contributed by atoms with Crippen molar-refractivity contribution in [1.82, 2.24) is 14.8 Å². The van der Waals surface area contributed by atoms with Gasteiger partial charge in [0, 0.05) is 62.9 Å². The van der Waals surface area contributed by atoms with Gasteiger partial charge in [0.1, 0.15) is 0 Å². The number of carbonyl (C=O) groups is 1. The number of piperazine rings is 1. The highest BCUT2D eigenvalue weighted by Crippen LogP contribution is 2.30. The van der Waals surface area contributed by atoms with Crippen molar-refractivity contribution in [3.63, 3.8) is 0 Å². The maximum Gasteiger partial charge on any atom is 0.178 e. The first kappa shape index (κ1) is 19.9. The topological polar surface area (TPSA) is 39.7 Å². The standard InChI is InChI=1S/C26H28N4O/c31-26(22-10-6-12-27-15-22)20-29-17-23-9-4-5-11-25(23)30-14-13-28(18-24(30)19-29)16-21-7-2-1-3-8-21/h1-12,15,24H,13-14,16-20H2. The number of rotatable bonds is 5. The second kappa shape index (κ2) is 9.00. The van der Waals surface area contributed by atoms with Gasteiger partial charge in [0.15, 0.2) is 5.78 Å². The van der Waals surface area contributed by atoms with Crippen molar-refractivity contribution in [3.05, 3.63) is 95.8 Å². The van der Waals surface area contributed by atoms with E-state index < -0.39 is 0 Å². The van der Waals surface area contributed by atoms with Gasteiger partial charge in [0.05, 0.1) is 12.6 Å². The molecule has 0 N–H and O–H groups in total. The summed E-state index contributed by atoms with van der Waals surface area (Å²) in [5, 5.41) is 0. The van der Waals surface area contributed by atoms with E-state index in [1.807, 2.05) is 12.1 Å². The van der Waals surface area contributed by atoms with Gasteiger partial charge in [-0.05, 0) is 29.3 Å². The number of pyridine rings is 1. The molecule has 5 rings (SSSR count). The van der Waals surface area contributed by atoms with Gasteiger partial charge in [-0.1, -0.05) is 48.5 Å². The minimum absolute atomic E-state index is 0.135. The second-order valence-electron chi connectivity index (χ2n) is 8.53. The van der Waals surface area contributed by atoms with E-state index in [1.165, 1.54) is 16.8 Å². The molecule has 5 heteroatoms. The van der Waals surface area contributed by atoms with E-state index in [-0.39, 0.29) is 5.78 Å². The SMILES string of the molecule is O=C(CN1Cc2ccccc2N2CCN(Cc3ccccc3)CC2C1)c1cccnc1. The maximum atomic E-state index is 12.9. The Balaban J connectivity index is 1.36. The fraction of sp³-hybridized carbons (Fsp3) is 0.308. The third-order valence-corrected chi connectivity index (χ3v) is 6.33. The number of ketones is 1. The average molecular weight is 413 g/mol. The zero-order chi connectivity index (χ0) is 21.0. The zero-order valence-corrected chi connectivity index (χ0v) is 17.7. The van der Waals surface area contributed by atoms with Crippen LogP contribution >= 0.6 is 0 Å². The normalized spacial score (nSPS) is 19.4.